The molecule has 17 heavy (non-hydrogen) atoms. The van der Waals surface area contributed by atoms with Crippen LogP contribution in [0.25, 0.3) is 0 Å². The maximum atomic E-state index is 11.5. The van der Waals surface area contributed by atoms with Crippen molar-refractivity contribution in [3.8, 4) is 0 Å². The lowest BCUT2D eigenvalue weighted by Crippen LogP contribution is -2.37. The molecule has 1 aliphatic heterocycles. The number of rotatable bonds is 3. The van der Waals surface area contributed by atoms with Gasteiger partial charge < -0.3 is 10.4 Å². The van der Waals surface area contributed by atoms with Crippen molar-refractivity contribution in [3.05, 3.63) is 35.9 Å². The van der Waals surface area contributed by atoms with Crippen molar-refractivity contribution in [1.29, 1.82) is 0 Å². The maximum absolute atomic E-state index is 11.5. The van der Waals surface area contributed by atoms with Gasteiger partial charge in [-0.2, -0.15) is 0 Å². The fourth-order valence-electron chi connectivity index (χ4n) is 2.75. The molecule has 3 heteroatoms. The number of carbonyl (C=O) groups excluding carboxylic acids is 1. The Bertz CT molecular complexity index is 408. The van der Waals surface area contributed by atoms with E-state index in [1.54, 1.807) is 13.8 Å². The van der Waals surface area contributed by atoms with Gasteiger partial charge in [-0.15, -0.1) is 0 Å². The molecule has 3 nitrogen and oxygen atoms in total. The smallest absolute Gasteiger partial charge is 0.220 e. The molecular weight excluding hydrogens is 214 g/mol. The number of nitrogens with one attached hydrogen (secondary N) is 1. The third kappa shape index (κ3) is 2.67. The van der Waals surface area contributed by atoms with Gasteiger partial charge >= 0.3 is 0 Å². The largest absolute Gasteiger partial charge is 0.390 e. The molecule has 0 aliphatic carbocycles. The van der Waals surface area contributed by atoms with Crippen LogP contribution in [0, 0.1) is 0 Å². The summed E-state index contributed by atoms with van der Waals surface area (Å²) in [5.41, 5.74) is 0.0825. The molecule has 1 aliphatic rings. The average molecular weight is 233 g/mol. The van der Waals surface area contributed by atoms with Gasteiger partial charge in [0.2, 0.25) is 5.91 Å². The lowest BCUT2D eigenvalue weighted by atomic mass is 9.72. The molecule has 92 valence electrons. The summed E-state index contributed by atoms with van der Waals surface area (Å²) in [5, 5.41) is 12.9. The molecule has 1 saturated heterocycles. The van der Waals surface area contributed by atoms with Crippen LogP contribution >= 0.6 is 0 Å². The van der Waals surface area contributed by atoms with Crippen molar-refractivity contribution < 1.29 is 9.90 Å². The van der Waals surface area contributed by atoms with Crippen molar-refractivity contribution in [2.24, 2.45) is 0 Å². The number of amides is 1. The molecule has 2 rings (SSSR count). The van der Waals surface area contributed by atoms with Crippen LogP contribution in [-0.4, -0.2) is 23.2 Å². The summed E-state index contributed by atoms with van der Waals surface area (Å²) in [6.07, 6.45) is 1.05. The monoisotopic (exact) mass is 233 g/mol. The topological polar surface area (TPSA) is 49.3 Å². The van der Waals surface area contributed by atoms with Gasteiger partial charge in [0.1, 0.15) is 0 Å². The summed E-state index contributed by atoms with van der Waals surface area (Å²) >= 11 is 0. The summed E-state index contributed by atoms with van der Waals surface area (Å²) < 4.78 is 0. The minimum atomic E-state index is -0.776. The van der Waals surface area contributed by atoms with Crippen LogP contribution in [0.4, 0.5) is 0 Å². The molecular formula is C14H19NO2. The van der Waals surface area contributed by atoms with Crippen molar-refractivity contribution in [3.63, 3.8) is 0 Å². The number of benzene rings is 1. The Balaban J connectivity index is 2.35. The fraction of sp³-hybridized carbons (Fsp3) is 0.500. The average Bonchev–Trinajstić information content (AvgIpc) is 2.60. The summed E-state index contributed by atoms with van der Waals surface area (Å²) in [6.45, 7) is 4.20. The molecule has 0 spiro atoms. The standard InChI is InChI=1S/C14H19NO2/c1-13(2,17)9-14(8-12(16)15-10-14)11-6-4-3-5-7-11/h3-7,17H,8-10H2,1-2H3,(H,15,16). The molecule has 1 aromatic rings. The molecule has 2 N–H and O–H groups in total. The summed E-state index contributed by atoms with van der Waals surface area (Å²) in [7, 11) is 0. The van der Waals surface area contributed by atoms with Gasteiger partial charge in [-0.05, 0) is 25.8 Å². The Kier molecular flexibility index (Phi) is 2.96. The summed E-state index contributed by atoms with van der Waals surface area (Å²) in [5.74, 6) is 0.0677. The maximum Gasteiger partial charge on any atom is 0.220 e. The molecule has 1 amide bonds. The number of carbonyl (C=O) groups is 1. The number of hydrogen-bond acceptors (Lipinski definition) is 2. The van der Waals surface area contributed by atoms with Crippen molar-refractivity contribution in [1.82, 2.24) is 5.32 Å². The first-order valence-electron chi connectivity index (χ1n) is 5.96. The van der Waals surface area contributed by atoms with Crippen LogP contribution < -0.4 is 5.32 Å². The molecule has 0 aromatic heterocycles. The predicted octanol–water partition coefficient (Wildman–Crippen LogP) is 1.61. The normalized spacial score (nSPS) is 24.8. The van der Waals surface area contributed by atoms with Gasteiger partial charge in [0, 0.05) is 18.4 Å². The van der Waals surface area contributed by atoms with E-state index in [4.69, 9.17) is 0 Å². The lowest BCUT2D eigenvalue weighted by molar-refractivity contribution is -0.119. The van der Waals surface area contributed by atoms with E-state index in [0.717, 1.165) is 5.56 Å². The first-order chi connectivity index (χ1) is 7.91. The van der Waals surface area contributed by atoms with Gasteiger partial charge in [-0.25, -0.2) is 0 Å². The van der Waals surface area contributed by atoms with Gasteiger partial charge in [-0.1, -0.05) is 30.3 Å². The number of aliphatic hydroxyl groups is 1. The van der Waals surface area contributed by atoms with Crippen LogP contribution in [0.1, 0.15) is 32.3 Å². The van der Waals surface area contributed by atoms with Crippen LogP contribution in [0.15, 0.2) is 30.3 Å². The minimum absolute atomic E-state index is 0.0677. The second-order valence-corrected chi connectivity index (χ2v) is 5.59. The fourth-order valence-corrected chi connectivity index (χ4v) is 2.75. The highest BCUT2D eigenvalue weighted by Crippen LogP contribution is 2.38. The van der Waals surface area contributed by atoms with Gasteiger partial charge in [0.15, 0.2) is 0 Å². The van der Waals surface area contributed by atoms with Gasteiger partial charge in [0.25, 0.3) is 0 Å². The van der Waals surface area contributed by atoms with E-state index >= 15 is 0 Å². The second kappa shape index (κ2) is 4.15. The Morgan fingerprint density at radius 2 is 2.00 bits per heavy atom. The summed E-state index contributed by atoms with van der Waals surface area (Å²) in [6, 6.07) is 9.98. The summed E-state index contributed by atoms with van der Waals surface area (Å²) in [4.78, 5) is 11.5. The highest BCUT2D eigenvalue weighted by Gasteiger charge is 2.43. The van der Waals surface area contributed by atoms with E-state index in [1.807, 2.05) is 30.3 Å². The van der Waals surface area contributed by atoms with E-state index in [1.165, 1.54) is 0 Å². The predicted molar refractivity (Wildman–Crippen MR) is 66.7 cm³/mol. The van der Waals surface area contributed by atoms with Crippen LogP contribution in [0.5, 0.6) is 0 Å². The van der Waals surface area contributed by atoms with Crippen molar-refractivity contribution >= 4 is 5.91 Å². The molecule has 0 radical (unpaired) electrons. The second-order valence-electron chi connectivity index (χ2n) is 5.59. The minimum Gasteiger partial charge on any atom is -0.390 e. The van der Waals surface area contributed by atoms with Crippen LogP contribution in [0.3, 0.4) is 0 Å². The van der Waals surface area contributed by atoms with Crippen molar-refractivity contribution in [2.45, 2.75) is 37.7 Å². The third-order valence-corrected chi connectivity index (χ3v) is 3.28. The zero-order valence-corrected chi connectivity index (χ0v) is 10.4. The third-order valence-electron chi connectivity index (χ3n) is 3.28. The Morgan fingerprint density at radius 3 is 2.47 bits per heavy atom. The zero-order chi connectivity index (χ0) is 12.5. The highest BCUT2D eigenvalue weighted by atomic mass is 16.3. The SMILES string of the molecule is CC(C)(O)CC1(c2ccccc2)CNC(=O)C1. The van der Waals surface area contributed by atoms with E-state index in [-0.39, 0.29) is 11.3 Å². The molecule has 1 atom stereocenters. The van der Waals surface area contributed by atoms with Crippen molar-refractivity contribution in [2.75, 3.05) is 6.54 Å². The molecule has 0 saturated carbocycles. The Labute approximate surface area is 102 Å². The Hall–Kier alpha value is -1.35. The van der Waals surface area contributed by atoms with E-state index in [2.05, 4.69) is 5.32 Å². The number of hydrogen-bond donors (Lipinski definition) is 2. The van der Waals surface area contributed by atoms with Gasteiger partial charge in [0.05, 0.1) is 5.60 Å². The van der Waals surface area contributed by atoms with E-state index in [0.29, 0.717) is 19.4 Å². The first-order valence-corrected chi connectivity index (χ1v) is 5.96. The quantitative estimate of drug-likeness (QED) is 0.833. The molecule has 1 heterocycles. The molecule has 0 bridgehead atoms. The molecule has 1 aromatic carbocycles. The lowest BCUT2D eigenvalue weighted by Gasteiger charge is -2.33. The zero-order valence-electron chi connectivity index (χ0n) is 10.4. The molecule has 1 unspecified atom stereocenters. The van der Waals surface area contributed by atoms with E-state index in [9.17, 15) is 9.90 Å². The van der Waals surface area contributed by atoms with Gasteiger partial charge in [-0.3, -0.25) is 4.79 Å². The van der Waals surface area contributed by atoms with E-state index < -0.39 is 5.60 Å². The molecule has 1 fully saturated rings. The highest BCUT2D eigenvalue weighted by molar-refractivity contribution is 5.80. The van der Waals surface area contributed by atoms with Crippen LogP contribution in [0.2, 0.25) is 0 Å². The first kappa shape index (κ1) is 12.1. The Morgan fingerprint density at radius 1 is 1.35 bits per heavy atom. The van der Waals surface area contributed by atoms with Crippen LogP contribution in [-0.2, 0) is 10.2 Å².